The van der Waals surface area contributed by atoms with Crippen LogP contribution in [0.15, 0.2) is 60.7 Å². The monoisotopic (exact) mass is 976 g/mol. The number of amides is 1. The SMILES string of the molecule is CCCCCCCCCCC[C@@H](CC(=O)N[C@H]1C(O)O[C@H](CO[Si](C)(C)C(C)(C)C)[C@@H](OS(=O)(=O)O)[C@@H]1OC(=O)CCCCCCc1ccccc1)OC(=O)CCCCCCc1ccccc1. The molecule has 0 radical (unpaired) electrons. The molecular weight excluding hydrogens is 891 g/mol. The van der Waals surface area contributed by atoms with E-state index in [-0.39, 0.29) is 30.9 Å². The Bertz CT molecular complexity index is 1790. The van der Waals surface area contributed by atoms with Gasteiger partial charge in [-0.05, 0) is 80.6 Å². The van der Waals surface area contributed by atoms with Crippen LogP contribution in [0.1, 0.15) is 174 Å². The number of hydrogen-bond acceptors (Lipinski definition) is 11. The minimum Gasteiger partial charge on any atom is -0.462 e. The summed E-state index contributed by atoms with van der Waals surface area (Å²) in [6, 6.07) is 18.9. The standard InChI is InChI=1S/C52H85NO12SSi/c1-7-8-9-10-11-12-13-14-27-36-43(62-46(55)37-28-17-15-21-30-41-32-23-19-24-33-41)39-45(54)53-48-50(64-47(56)38-29-18-16-22-31-42-34-25-20-26-35-42)49(65-66(58,59)60)44(63-51(48)57)40-61-67(5,6)52(2,3)4/h19-20,23-26,32-35,43-44,48-51,57H,7-18,21-22,27-31,36-40H2,1-6H3,(H,53,54)(H,58,59,60)/t43-,44+,48+,49+,50+,51?/m0/s1. The van der Waals surface area contributed by atoms with Gasteiger partial charge in [0, 0.05) is 12.8 Å². The molecule has 0 aromatic heterocycles. The number of carbonyl (C=O) groups is 3. The second-order valence-corrected chi connectivity index (χ2v) is 25.8. The van der Waals surface area contributed by atoms with Crippen molar-refractivity contribution >= 4 is 36.6 Å². The molecule has 1 fully saturated rings. The normalized spacial score (nSPS) is 19.4. The molecule has 1 aliphatic rings. The van der Waals surface area contributed by atoms with Crippen LogP contribution in [0.5, 0.6) is 0 Å². The Morgan fingerprint density at radius 3 is 1.73 bits per heavy atom. The lowest BCUT2D eigenvalue weighted by Crippen LogP contribution is -2.66. The molecule has 1 heterocycles. The van der Waals surface area contributed by atoms with Crippen molar-refractivity contribution in [2.45, 2.75) is 230 Å². The molecule has 0 aliphatic carbocycles. The Morgan fingerprint density at radius 1 is 0.716 bits per heavy atom. The lowest BCUT2D eigenvalue weighted by Gasteiger charge is -2.45. The van der Waals surface area contributed by atoms with E-state index in [1.807, 2.05) is 70.3 Å². The van der Waals surface area contributed by atoms with E-state index in [1.54, 1.807) is 0 Å². The maximum atomic E-state index is 14.0. The van der Waals surface area contributed by atoms with Gasteiger partial charge in [-0.1, -0.05) is 165 Å². The predicted molar refractivity (Wildman–Crippen MR) is 265 cm³/mol. The third-order valence-corrected chi connectivity index (χ3v) is 18.1. The summed E-state index contributed by atoms with van der Waals surface area (Å²) < 4.78 is 64.0. The summed E-state index contributed by atoms with van der Waals surface area (Å²) in [5, 5.41) is 14.0. The van der Waals surface area contributed by atoms with E-state index in [2.05, 4.69) is 36.5 Å². The summed E-state index contributed by atoms with van der Waals surface area (Å²) in [7, 11) is -7.66. The van der Waals surface area contributed by atoms with Crippen LogP contribution in [0.25, 0.3) is 0 Å². The molecule has 1 amide bonds. The number of unbranched alkanes of at least 4 members (excludes halogenated alkanes) is 14. The molecule has 0 bridgehead atoms. The van der Waals surface area contributed by atoms with Crippen LogP contribution in [-0.4, -0.2) is 87.6 Å². The van der Waals surface area contributed by atoms with Gasteiger partial charge in [0.2, 0.25) is 5.91 Å². The first kappa shape index (κ1) is 58.1. The number of esters is 2. The highest BCUT2D eigenvalue weighted by atomic mass is 32.3. The predicted octanol–water partition coefficient (Wildman–Crippen LogP) is 10.9. The lowest BCUT2D eigenvalue weighted by atomic mass is 9.96. The highest BCUT2D eigenvalue weighted by Crippen LogP contribution is 2.38. The highest BCUT2D eigenvalue weighted by molar-refractivity contribution is 7.80. The molecule has 0 spiro atoms. The van der Waals surface area contributed by atoms with Crippen molar-refractivity contribution in [3.63, 3.8) is 0 Å². The average Bonchev–Trinajstić information content (AvgIpc) is 3.26. The zero-order valence-electron chi connectivity index (χ0n) is 41.6. The third kappa shape index (κ3) is 24.3. The fraction of sp³-hybridized carbons (Fsp3) is 0.712. The summed E-state index contributed by atoms with van der Waals surface area (Å²) in [5.41, 5.74) is 2.52. The molecule has 380 valence electrons. The van der Waals surface area contributed by atoms with Gasteiger partial charge >= 0.3 is 22.3 Å². The fourth-order valence-electron chi connectivity index (χ4n) is 8.10. The van der Waals surface area contributed by atoms with E-state index in [4.69, 9.17) is 22.8 Å². The molecule has 2 aromatic rings. The van der Waals surface area contributed by atoms with Crippen LogP contribution in [0.3, 0.4) is 0 Å². The number of aliphatic hydroxyl groups is 1. The van der Waals surface area contributed by atoms with Crippen LogP contribution in [-0.2, 0) is 60.4 Å². The van der Waals surface area contributed by atoms with Gasteiger partial charge in [-0.25, -0.2) is 4.18 Å². The van der Waals surface area contributed by atoms with E-state index >= 15 is 0 Å². The summed E-state index contributed by atoms with van der Waals surface area (Å²) in [5.74, 6) is -1.73. The Balaban J connectivity index is 1.73. The first-order valence-corrected chi connectivity index (χ1v) is 29.5. The molecule has 6 atom stereocenters. The molecule has 1 aliphatic heterocycles. The van der Waals surface area contributed by atoms with Gasteiger partial charge in [0.05, 0.1) is 13.0 Å². The van der Waals surface area contributed by atoms with Crippen molar-refractivity contribution in [1.29, 1.82) is 0 Å². The minimum atomic E-state index is -5.18. The lowest BCUT2D eigenvalue weighted by molar-refractivity contribution is -0.253. The highest BCUT2D eigenvalue weighted by Gasteiger charge is 2.52. The topological polar surface area (TPSA) is 184 Å². The van der Waals surface area contributed by atoms with Crippen LogP contribution in [0.4, 0.5) is 0 Å². The molecule has 3 rings (SSSR count). The van der Waals surface area contributed by atoms with Gasteiger partial charge in [0.15, 0.2) is 20.7 Å². The number of ether oxygens (including phenoxy) is 3. The van der Waals surface area contributed by atoms with Gasteiger partial charge in [0.1, 0.15) is 24.4 Å². The third-order valence-electron chi connectivity index (χ3n) is 13.1. The van der Waals surface area contributed by atoms with Crippen molar-refractivity contribution in [3.8, 4) is 0 Å². The number of benzene rings is 2. The molecule has 2 aromatic carbocycles. The van der Waals surface area contributed by atoms with E-state index in [0.29, 0.717) is 19.3 Å². The van der Waals surface area contributed by atoms with Crippen molar-refractivity contribution < 1.29 is 55.3 Å². The smallest absolute Gasteiger partial charge is 0.397 e. The molecular formula is C52H85NO12SSi. The quantitative estimate of drug-likeness (QED) is 0.0261. The maximum absolute atomic E-state index is 14.0. The van der Waals surface area contributed by atoms with Gasteiger partial charge in [-0.3, -0.25) is 18.9 Å². The van der Waals surface area contributed by atoms with Crippen molar-refractivity contribution in [2.75, 3.05) is 6.61 Å². The van der Waals surface area contributed by atoms with Crippen LogP contribution >= 0.6 is 0 Å². The molecule has 1 saturated heterocycles. The zero-order chi connectivity index (χ0) is 49.1. The molecule has 13 nitrogen and oxygen atoms in total. The van der Waals surface area contributed by atoms with Crippen molar-refractivity contribution in [2.24, 2.45) is 0 Å². The van der Waals surface area contributed by atoms with Gasteiger partial charge in [-0.15, -0.1) is 0 Å². The summed E-state index contributed by atoms with van der Waals surface area (Å²) in [6.07, 6.45) is 11.5. The number of rotatable bonds is 34. The number of nitrogens with one attached hydrogen (secondary N) is 1. The number of aliphatic hydroxyl groups excluding tert-OH is 1. The molecule has 1 unspecified atom stereocenters. The fourth-order valence-corrected chi connectivity index (χ4v) is 9.63. The van der Waals surface area contributed by atoms with Crippen LogP contribution in [0, 0.1) is 0 Å². The van der Waals surface area contributed by atoms with Crippen molar-refractivity contribution in [1.82, 2.24) is 5.32 Å². The summed E-state index contributed by atoms with van der Waals surface area (Å²) >= 11 is 0. The van der Waals surface area contributed by atoms with Gasteiger partial charge in [0.25, 0.3) is 0 Å². The molecule has 0 saturated carbocycles. The van der Waals surface area contributed by atoms with E-state index in [1.165, 1.54) is 43.2 Å². The summed E-state index contributed by atoms with van der Waals surface area (Å²) in [6.45, 7) is 12.0. The van der Waals surface area contributed by atoms with Gasteiger partial charge in [-0.2, -0.15) is 8.42 Å². The van der Waals surface area contributed by atoms with Gasteiger partial charge < -0.3 is 29.1 Å². The molecule has 3 N–H and O–H groups in total. The first-order chi connectivity index (χ1) is 31.9. The van der Waals surface area contributed by atoms with Crippen LogP contribution in [0.2, 0.25) is 18.1 Å². The van der Waals surface area contributed by atoms with E-state index in [0.717, 1.165) is 77.0 Å². The second kappa shape index (κ2) is 31.1. The van der Waals surface area contributed by atoms with E-state index in [9.17, 15) is 32.5 Å². The van der Waals surface area contributed by atoms with E-state index < -0.39 is 73.3 Å². The first-order valence-electron chi connectivity index (χ1n) is 25.3. The maximum Gasteiger partial charge on any atom is 0.397 e. The van der Waals surface area contributed by atoms with Crippen LogP contribution < -0.4 is 5.32 Å². The Kier molecular flexibility index (Phi) is 27.0. The second-order valence-electron chi connectivity index (χ2n) is 19.9. The zero-order valence-corrected chi connectivity index (χ0v) is 43.4. The minimum absolute atomic E-state index is 0.0209. The Labute approximate surface area is 404 Å². The average molecular weight is 976 g/mol. The largest absolute Gasteiger partial charge is 0.462 e. The number of hydrogen-bond donors (Lipinski definition) is 3. The Hall–Kier alpha value is -3.18. The number of carbonyl (C=O) groups excluding carboxylic acids is 3. The van der Waals surface area contributed by atoms with Crippen molar-refractivity contribution in [3.05, 3.63) is 71.8 Å². The molecule has 67 heavy (non-hydrogen) atoms. The molecule has 15 heteroatoms. The number of aryl methyl sites for hydroxylation is 2. The summed E-state index contributed by atoms with van der Waals surface area (Å²) in [4.78, 5) is 40.7. The Morgan fingerprint density at radius 2 is 1.21 bits per heavy atom.